The number of likely N-dealkylation sites (tertiary alicyclic amines) is 1. The normalized spacial score (nSPS) is 22.4. The molecule has 1 atom stereocenters. The van der Waals surface area contributed by atoms with E-state index >= 15 is 0 Å². The molecule has 2 saturated heterocycles. The van der Waals surface area contributed by atoms with Crippen LogP contribution in [-0.4, -0.2) is 59.4 Å². The molecule has 0 aliphatic carbocycles. The third-order valence-corrected chi connectivity index (χ3v) is 8.13. The van der Waals surface area contributed by atoms with Gasteiger partial charge in [0, 0.05) is 37.0 Å². The first-order chi connectivity index (χ1) is 12.9. The Kier molecular flexibility index (Phi) is 4.38. The maximum Gasteiger partial charge on any atom is 0.316 e. The van der Waals surface area contributed by atoms with E-state index in [0.717, 1.165) is 5.56 Å². The Morgan fingerprint density at radius 2 is 2.00 bits per heavy atom. The number of aryl methyl sites for hydroxylation is 1. The Labute approximate surface area is 158 Å². The van der Waals surface area contributed by atoms with E-state index in [9.17, 15) is 13.2 Å². The fraction of sp³-hybridized carbons (Fsp3) is 0.421. The smallest absolute Gasteiger partial charge is 0.316 e. The zero-order valence-electron chi connectivity index (χ0n) is 15.0. The molecule has 27 heavy (non-hydrogen) atoms. The summed E-state index contributed by atoms with van der Waals surface area (Å²) in [4.78, 5) is 22.3. The first-order valence-corrected chi connectivity index (χ1v) is 10.5. The summed E-state index contributed by atoms with van der Waals surface area (Å²) in [5.74, 6) is -0.172. The van der Waals surface area contributed by atoms with Crippen molar-refractivity contribution in [3.8, 4) is 6.01 Å². The van der Waals surface area contributed by atoms with Crippen LogP contribution in [0.5, 0.6) is 6.01 Å². The molecule has 0 saturated carbocycles. The summed E-state index contributed by atoms with van der Waals surface area (Å²) in [6.07, 6.45) is 3.69. The summed E-state index contributed by atoms with van der Waals surface area (Å²) in [5, 5.41) is 0. The number of amides is 1. The van der Waals surface area contributed by atoms with Crippen LogP contribution in [0.3, 0.4) is 0 Å². The predicted octanol–water partition coefficient (Wildman–Crippen LogP) is 1.49. The van der Waals surface area contributed by atoms with Crippen LogP contribution in [0.15, 0.2) is 42.7 Å². The van der Waals surface area contributed by atoms with E-state index in [1.807, 2.05) is 25.1 Å². The minimum Gasteiger partial charge on any atom is -0.463 e. The fourth-order valence-corrected chi connectivity index (χ4v) is 6.35. The topological polar surface area (TPSA) is 89.5 Å². The molecule has 142 valence electrons. The van der Waals surface area contributed by atoms with E-state index in [-0.39, 0.29) is 43.3 Å². The average Bonchev–Trinajstić information content (AvgIpc) is 2.89. The number of carbonyl (C=O) groups excluding carboxylic acids is 1. The van der Waals surface area contributed by atoms with E-state index in [1.54, 1.807) is 29.4 Å². The van der Waals surface area contributed by atoms with E-state index < -0.39 is 14.6 Å². The Morgan fingerprint density at radius 1 is 1.26 bits per heavy atom. The molecule has 0 unspecified atom stereocenters. The Morgan fingerprint density at radius 3 is 2.70 bits per heavy atom. The molecule has 3 heterocycles. The van der Waals surface area contributed by atoms with Gasteiger partial charge >= 0.3 is 6.01 Å². The summed E-state index contributed by atoms with van der Waals surface area (Å²) in [6, 6.07) is 9.27. The van der Waals surface area contributed by atoms with Crippen LogP contribution < -0.4 is 4.74 Å². The highest BCUT2D eigenvalue weighted by molar-refractivity contribution is 7.93. The quantitative estimate of drug-likeness (QED) is 0.790. The van der Waals surface area contributed by atoms with Crippen molar-refractivity contribution in [1.29, 1.82) is 0 Å². The molecule has 0 bridgehead atoms. The second kappa shape index (κ2) is 6.60. The van der Waals surface area contributed by atoms with E-state index in [0.29, 0.717) is 12.0 Å². The van der Waals surface area contributed by atoms with Gasteiger partial charge in [0.25, 0.3) is 5.91 Å². The third kappa shape index (κ3) is 3.07. The van der Waals surface area contributed by atoms with Crippen molar-refractivity contribution in [3.63, 3.8) is 0 Å². The van der Waals surface area contributed by atoms with Gasteiger partial charge < -0.3 is 9.64 Å². The summed E-state index contributed by atoms with van der Waals surface area (Å²) in [7, 11) is -3.27. The molecule has 0 N–H and O–H groups in total. The maximum atomic E-state index is 12.7. The molecule has 7 nitrogen and oxygen atoms in total. The molecular formula is C19H21N3O4S. The number of ether oxygens (including phenoxy) is 1. The Bertz CT molecular complexity index is 956. The van der Waals surface area contributed by atoms with Crippen molar-refractivity contribution < 1.29 is 17.9 Å². The number of hydrogen-bond acceptors (Lipinski definition) is 6. The lowest BCUT2D eigenvalue weighted by Gasteiger charge is -2.49. The summed E-state index contributed by atoms with van der Waals surface area (Å²) >= 11 is 0. The number of nitrogens with zero attached hydrogens (tertiary/aromatic N) is 3. The minimum absolute atomic E-state index is 0.127. The van der Waals surface area contributed by atoms with Crippen LogP contribution in [0.1, 0.15) is 22.3 Å². The second-order valence-corrected chi connectivity index (χ2v) is 9.69. The maximum absolute atomic E-state index is 12.7. The van der Waals surface area contributed by atoms with Gasteiger partial charge in [0.2, 0.25) is 0 Å². The van der Waals surface area contributed by atoms with Crippen molar-refractivity contribution in [2.75, 3.05) is 25.4 Å². The van der Waals surface area contributed by atoms with Crippen molar-refractivity contribution in [1.82, 2.24) is 14.9 Å². The highest BCUT2D eigenvalue weighted by atomic mass is 32.2. The van der Waals surface area contributed by atoms with Crippen LogP contribution >= 0.6 is 0 Å². The molecule has 2 fully saturated rings. The fourth-order valence-electron chi connectivity index (χ4n) is 3.95. The zero-order valence-corrected chi connectivity index (χ0v) is 15.9. The van der Waals surface area contributed by atoms with Gasteiger partial charge in [-0.25, -0.2) is 18.4 Å². The number of aromatic nitrogens is 2. The molecule has 1 amide bonds. The molecule has 1 spiro atoms. The summed E-state index contributed by atoms with van der Waals surface area (Å²) in [6.45, 7) is 2.59. The SMILES string of the molecule is Cc1cccc(C(=O)N2CC3(C2)[C@H](COc2ncccn2)CCS3(=O)=O)c1. The number of carbonyl (C=O) groups is 1. The average molecular weight is 387 g/mol. The van der Waals surface area contributed by atoms with Crippen LogP contribution in [0.25, 0.3) is 0 Å². The van der Waals surface area contributed by atoms with E-state index in [4.69, 9.17) is 4.74 Å². The van der Waals surface area contributed by atoms with Crippen LogP contribution in [0, 0.1) is 12.8 Å². The van der Waals surface area contributed by atoms with Crippen LogP contribution in [0.2, 0.25) is 0 Å². The molecule has 1 aromatic heterocycles. The highest BCUT2D eigenvalue weighted by Gasteiger charge is 2.62. The molecule has 8 heteroatoms. The second-order valence-electron chi connectivity index (χ2n) is 7.24. The van der Waals surface area contributed by atoms with Crippen molar-refractivity contribution in [2.24, 2.45) is 5.92 Å². The number of sulfone groups is 1. The molecule has 1 aromatic carbocycles. The van der Waals surface area contributed by atoms with Gasteiger partial charge in [0.1, 0.15) is 4.75 Å². The lowest BCUT2D eigenvalue weighted by molar-refractivity contribution is 0.0403. The van der Waals surface area contributed by atoms with Crippen LogP contribution in [0.4, 0.5) is 0 Å². The van der Waals surface area contributed by atoms with Crippen molar-refractivity contribution in [2.45, 2.75) is 18.1 Å². The van der Waals surface area contributed by atoms with Gasteiger partial charge in [-0.05, 0) is 31.5 Å². The summed E-state index contributed by atoms with van der Waals surface area (Å²) < 4.78 is 30.1. The number of hydrogen-bond donors (Lipinski definition) is 0. The largest absolute Gasteiger partial charge is 0.463 e. The predicted molar refractivity (Wildman–Crippen MR) is 99.2 cm³/mol. The molecule has 4 rings (SSSR count). The van der Waals surface area contributed by atoms with Gasteiger partial charge in [-0.3, -0.25) is 4.79 Å². The van der Waals surface area contributed by atoms with Gasteiger partial charge in [-0.2, -0.15) is 0 Å². The van der Waals surface area contributed by atoms with Gasteiger partial charge in [-0.15, -0.1) is 0 Å². The molecule has 2 aromatic rings. The van der Waals surface area contributed by atoms with Crippen molar-refractivity contribution in [3.05, 3.63) is 53.9 Å². The summed E-state index contributed by atoms with van der Waals surface area (Å²) in [5.41, 5.74) is 1.59. The number of rotatable bonds is 4. The van der Waals surface area contributed by atoms with Crippen molar-refractivity contribution >= 4 is 15.7 Å². The lowest BCUT2D eigenvalue weighted by Crippen LogP contribution is -2.68. The monoisotopic (exact) mass is 387 g/mol. The molecule has 2 aliphatic rings. The molecule has 0 radical (unpaired) electrons. The first-order valence-electron chi connectivity index (χ1n) is 8.89. The zero-order chi connectivity index (χ0) is 19.1. The molecular weight excluding hydrogens is 366 g/mol. The molecule has 2 aliphatic heterocycles. The Balaban J connectivity index is 1.48. The van der Waals surface area contributed by atoms with Crippen LogP contribution in [-0.2, 0) is 9.84 Å². The standard InChI is InChI=1S/C19H21N3O4S/c1-14-4-2-5-15(10-14)17(23)22-12-19(13-22)16(6-9-27(19,24)25)11-26-18-20-7-3-8-21-18/h2-5,7-8,10,16H,6,9,11-13H2,1H3/t16-/m0/s1. The van der Waals surface area contributed by atoms with E-state index in [1.165, 1.54) is 0 Å². The highest BCUT2D eigenvalue weighted by Crippen LogP contribution is 2.45. The number of benzene rings is 1. The van der Waals surface area contributed by atoms with Gasteiger partial charge in [-0.1, -0.05) is 17.7 Å². The lowest BCUT2D eigenvalue weighted by atomic mass is 9.83. The third-order valence-electron chi connectivity index (χ3n) is 5.52. The first kappa shape index (κ1) is 17.9. The Hall–Kier alpha value is -2.48. The van der Waals surface area contributed by atoms with Gasteiger partial charge in [0.05, 0.1) is 12.4 Å². The minimum atomic E-state index is -3.27. The van der Waals surface area contributed by atoms with Gasteiger partial charge in [0.15, 0.2) is 9.84 Å². The van der Waals surface area contributed by atoms with E-state index in [2.05, 4.69) is 9.97 Å².